The fourth-order valence-electron chi connectivity index (χ4n) is 2.67. The van der Waals surface area contributed by atoms with Crippen molar-refractivity contribution in [2.24, 2.45) is 11.3 Å². The summed E-state index contributed by atoms with van der Waals surface area (Å²) in [5.74, 6) is 2.06. The summed E-state index contributed by atoms with van der Waals surface area (Å²) in [6.07, 6.45) is 3.78. The lowest BCUT2D eigenvalue weighted by Crippen LogP contribution is -2.43. The Morgan fingerprint density at radius 1 is 1.43 bits per heavy atom. The van der Waals surface area contributed by atoms with Gasteiger partial charge in [-0.15, -0.1) is 0 Å². The van der Waals surface area contributed by atoms with Crippen molar-refractivity contribution in [2.75, 3.05) is 31.1 Å². The molecule has 1 aromatic heterocycles. The second-order valence-corrected chi connectivity index (χ2v) is 7.06. The van der Waals surface area contributed by atoms with E-state index in [1.165, 1.54) is 0 Å². The van der Waals surface area contributed by atoms with E-state index >= 15 is 0 Å². The molecule has 0 aromatic carbocycles. The predicted octanol–water partition coefficient (Wildman–Crippen LogP) is 2.25. The van der Waals surface area contributed by atoms with Crippen LogP contribution in [0.4, 0.5) is 5.82 Å². The number of anilines is 1. The van der Waals surface area contributed by atoms with Crippen LogP contribution in [0.15, 0.2) is 12.4 Å². The second-order valence-electron chi connectivity index (χ2n) is 7.06. The lowest BCUT2D eigenvalue weighted by atomic mass is 9.94. The summed E-state index contributed by atoms with van der Waals surface area (Å²) in [7, 11) is 0. The molecular weight excluding hydrogens is 292 g/mol. The van der Waals surface area contributed by atoms with E-state index in [-0.39, 0.29) is 11.3 Å². The highest BCUT2D eigenvalue weighted by Crippen LogP contribution is 2.23. The number of nitrogens with one attached hydrogen (secondary N) is 1. The minimum atomic E-state index is -0.340. The van der Waals surface area contributed by atoms with Crippen LogP contribution >= 0.6 is 0 Å². The highest BCUT2D eigenvalue weighted by molar-refractivity contribution is 5.81. The summed E-state index contributed by atoms with van der Waals surface area (Å²) in [5.41, 5.74) is -0.340. The van der Waals surface area contributed by atoms with Gasteiger partial charge in [-0.25, -0.2) is 9.97 Å². The Bertz CT molecular complexity index is 528. The van der Waals surface area contributed by atoms with Crippen molar-refractivity contribution in [3.05, 3.63) is 12.4 Å². The molecule has 1 aliphatic heterocycles. The lowest BCUT2D eigenvalue weighted by Gasteiger charge is -2.34. The highest BCUT2D eigenvalue weighted by atomic mass is 16.5. The Morgan fingerprint density at radius 3 is 2.91 bits per heavy atom. The minimum absolute atomic E-state index is 0.107. The molecule has 0 bridgehead atoms. The first-order valence-corrected chi connectivity index (χ1v) is 8.38. The topological polar surface area (TPSA) is 67.3 Å². The highest BCUT2D eigenvalue weighted by Gasteiger charge is 2.25. The first kappa shape index (κ1) is 17.5. The first-order chi connectivity index (χ1) is 10.9. The van der Waals surface area contributed by atoms with E-state index < -0.39 is 0 Å². The number of nitrogens with zero attached hydrogens (tertiary/aromatic N) is 3. The quantitative estimate of drug-likeness (QED) is 0.901. The SMILES string of the molecule is CCOc1cc(N2CCC[C@@H](CNC(=O)C(C)(C)C)C2)ncn1. The van der Waals surface area contributed by atoms with Crippen LogP contribution in [0.25, 0.3) is 0 Å². The number of hydrogen-bond acceptors (Lipinski definition) is 5. The molecule has 1 amide bonds. The molecule has 1 atom stereocenters. The number of amides is 1. The van der Waals surface area contributed by atoms with E-state index in [1.54, 1.807) is 6.33 Å². The third kappa shape index (κ3) is 5.08. The Labute approximate surface area is 138 Å². The second kappa shape index (κ2) is 7.62. The molecule has 0 unspecified atom stereocenters. The van der Waals surface area contributed by atoms with E-state index in [9.17, 15) is 4.79 Å². The number of aromatic nitrogens is 2. The van der Waals surface area contributed by atoms with Gasteiger partial charge in [0.2, 0.25) is 11.8 Å². The molecule has 6 nitrogen and oxygen atoms in total. The molecule has 1 N–H and O–H groups in total. The maximum atomic E-state index is 12.0. The third-order valence-electron chi connectivity index (χ3n) is 4.00. The lowest BCUT2D eigenvalue weighted by molar-refractivity contribution is -0.128. The average molecular weight is 320 g/mol. The van der Waals surface area contributed by atoms with E-state index in [0.29, 0.717) is 18.4 Å². The van der Waals surface area contributed by atoms with Crippen molar-refractivity contribution in [1.82, 2.24) is 15.3 Å². The Kier molecular flexibility index (Phi) is 5.80. The van der Waals surface area contributed by atoms with Crippen LogP contribution in [0.3, 0.4) is 0 Å². The van der Waals surface area contributed by atoms with Crippen molar-refractivity contribution in [1.29, 1.82) is 0 Å². The average Bonchev–Trinajstić information content (AvgIpc) is 2.52. The molecule has 2 rings (SSSR count). The molecule has 0 saturated carbocycles. The van der Waals surface area contributed by atoms with Gasteiger partial charge in [0.25, 0.3) is 0 Å². The fourth-order valence-corrected chi connectivity index (χ4v) is 2.67. The molecule has 0 spiro atoms. The number of rotatable bonds is 5. The molecule has 23 heavy (non-hydrogen) atoms. The van der Waals surface area contributed by atoms with Gasteiger partial charge >= 0.3 is 0 Å². The van der Waals surface area contributed by atoms with Crippen LogP contribution in [0.1, 0.15) is 40.5 Å². The van der Waals surface area contributed by atoms with Gasteiger partial charge in [0, 0.05) is 31.1 Å². The van der Waals surface area contributed by atoms with Crippen molar-refractivity contribution in [2.45, 2.75) is 40.5 Å². The van der Waals surface area contributed by atoms with Gasteiger partial charge in [0.15, 0.2) is 0 Å². The Balaban J connectivity index is 1.93. The van der Waals surface area contributed by atoms with Crippen LogP contribution in [0.2, 0.25) is 0 Å². The Hall–Kier alpha value is -1.85. The molecule has 1 saturated heterocycles. The van der Waals surface area contributed by atoms with Crippen LogP contribution in [0, 0.1) is 11.3 Å². The van der Waals surface area contributed by atoms with Crippen molar-refractivity contribution >= 4 is 11.7 Å². The summed E-state index contributed by atoms with van der Waals surface area (Å²) in [6, 6.07) is 1.89. The fraction of sp³-hybridized carbons (Fsp3) is 0.706. The molecule has 0 aliphatic carbocycles. The molecule has 128 valence electrons. The largest absolute Gasteiger partial charge is 0.478 e. The van der Waals surface area contributed by atoms with E-state index in [0.717, 1.165) is 38.3 Å². The predicted molar refractivity (Wildman–Crippen MR) is 90.6 cm³/mol. The van der Waals surface area contributed by atoms with E-state index in [2.05, 4.69) is 20.2 Å². The third-order valence-corrected chi connectivity index (χ3v) is 4.00. The van der Waals surface area contributed by atoms with Gasteiger partial charge in [0.1, 0.15) is 12.1 Å². The van der Waals surface area contributed by atoms with Gasteiger partial charge in [-0.05, 0) is 25.7 Å². The van der Waals surface area contributed by atoms with Crippen LogP contribution in [-0.2, 0) is 4.79 Å². The minimum Gasteiger partial charge on any atom is -0.478 e. The van der Waals surface area contributed by atoms with Crippen molar-refractivity contribution in [3.63, 3.8) is 0 Å². The number of ether oxygens (including phenoxy) is 1. The molecule has 6 heteroatoms. The van der Waals surface area contributed by atoms with Crippen molar-refractivity contribution in [3.8, 4) is 5.88 Å². The van der Waals surface area contributed by atoms with Gasteiger partial charge < -0.3 is 15.0 Å². The molecule has 1 aliphatic rings. The number of carbonyl (C=O) groups is 1. The standard InChI is InChI=1S/C17H28N4O2/c1-5-23-15-9-14(19-12-20-15)21-8-6-7-13(11-21)10-18-16(22)17(2,3)4/h9,12-13H,5-8,10-11H2,1-4H3,(H,18,22)/t13-/m0/s1. The Morgan fingerprint density at radius 2 is 2.22 bits per heavy atom. The van der Waals surface area contributed by atoms with Gasteiger partial charge in [0.05, 0.1) is 6.61 Å². The molecular formula is C17H28N4O2. The number of piperidine rings is 1. The first-order valence-electron chi connectivity index (χ1n) is 8.38. The zero-order valence-electron chi connectivity index (χ0n) is 14.6. The van der Waals surface area contributed by atoms with E-state index in [1.807, 2.05) is 33.8 Å². The smallest absolute Gasteiger partial charge is 0.225 e. The summed E-state index contributed by atoms with van der Waals surface area (Å²) >= 11 is 0. The normalized spacial score (nSPS) is 18.6. The summed E-state index contributed by atoms with van der Waals surface area (Å²) in [4.78, 5) is 22.7. The van der Waals surface area contributed by atoms with Crippen LogP contribution in [-0.4, -0.2) is 42.1 Å². The molecule has 1 fully saturated rings. The van der Waals surface area contributed by atoms with Gasteiger partial charge in [-0.3, -0.25) is 4.79 Å². The zero-order valence-corrected chi connectivity index (χ0v) is 14.6. The molecule has 1 aromatic rings. The number of carbonyl (C=O) groups excluding carboxylic acids is 1. The monoisotopic (exact) mass is 320 g/mol. The molecule has 2 heterocycles. The zero-order chi connectivity index (χ0) is 16.9. The van der Waals surface area contributed by atoms with Crippen molar-refractivity contribution < 1.29 is 9.53 Å². The molecule has 0 radical (unpaired) electrons. The summed E-state index contributed by atoms with van der Waals surface area (Å²) in [6.45, 7) is 10.9. The van der Waals surface area contributed by atoms with Gasteiger partial charge in [-0.2, -0.15) is 0 Å². The van der Waals surface area contributed by atoms with Crippen LogP contribution in [0.5, 0.6) is 5.88 Å². The summed E-state index contributed by atoms with van der Waals surface area (Å²) < 4.78 is 5.45. The van der Waals surface area contributed by atoms with Gasteiger partial charge in [-0.1, -0.05) is 20.8 Å². The van der Waals surface area contributed by atoms with E-state index in [4.69, 9.17) is 4.74 Å². The summed E-state index contributed by atoms with van der Waals surface area (Å²) in [5, 5.41) is 3.07. The number of hydrogen-bond donors (Lipinski definition) is 1. The maximum absolute atomic E-state index is 12.0. The maximum Gasteiger partial charge on any atom is 0.225 e. The van der Waals surface area contributed by atoms with Crippen LogP contribution < -0.4 is 15.0 Å².